The van der Waals surface area contributed by atoms with Crippen molar-refractivity contribution in [1.29, 1.82) is 0 Å². The van der Waals surface area contributed by atoms with Crippen LogP contribution in [0.2, 0.25) is 0 Å². The van der Waals surface area contributed by atoms with E-state index in [1.165, 1.54) is 6.26 Å². The Morgan fingerprint density at radius 2 is 1.92 bits per heavy atom. The van der Waals surface area contributed by atoms with Crippen LogP contribution in [0.3, 0.4) is 0 Å². The second kappa shape index (κ2) is 9.34. The number of carbonyl (C=O) groups excluding carboxylic acids is 1. The zero-order valence-electron chi connectivity index (χ0n) is 20.3. The highest BCUT2D eigenvalue weighted by molar-refractivity contribution is 5.91. The molecule has 0 bridgehead atoms. The molecule has 0 radical (unpaired) electrons. The Hall–Kier alpha value is -3.79. The SMILES string of the molecule is Cc1ccc2cc([C@H](c3nnnn3C3CCCC3)N3CCN(C(=O)c4ccco4)CC3)c(=O)[nH]c2c1. The van der Waals surface area contributed by atoms with E-state index in [0.717, 1.165) is 42.1 Å². The molecule has 10 heteroatoms. The van der Waals surface area contributed by atoms with Crippen molar-refractivity contribution in [2.45, 2.75) is 44.7 Å². The summed E-state index contributed by atoms with van der Waals surface area (Å²) in [5, 5.41) is 13.8. The van der Waals surface area contributed by atoms with Gasteiger partial charge >= 0.3 is 0 Å². The highest BCUT2D eigenvalue weighted by atomic mass is 16.3. The molecule has 1 aliphatic carbocycles. The first-order valence-electron chi connectivity index (χ1n) is 12.6. The number of hydrogen-bond donors (Lipinski definition) is 1. The summed E-state index contributed by atoms with van der Waals surface area (Å²) in [5.74, 6) is 0.905. The zero-order valence-corrected chi connectivity index (χ0v) is 20.3. The maximum Gasteiger partial charge on any atom is 0.289 e. The number of H-pyrrole nitrogens is 1. The summed E-state index contributed by atoms with van der Waals surface area (Å²) in [6.07, 6.45) is 5.87. The minimum absolute atomic E-state index is 0.120. The fraction of sp³-hybridized carbons (Fsp3) is 0.423. The highest BCUT2D eigenvalue weighted by Crippen LogP contribution is 2.34. The van der Waals surface area contributed by atoms with Gasteiger partial charge in [0.15, 0.2) is 11.6 Å². The number of piperazine rings is 1. The van der Waals surface area contributed by atoms with Crippen molar-refractivity contribution < 1.29 is 9.21 Å². The fourth-order valence-electron chi connectivity index (χ4n) is 5.56. The van der Waals surface area contributed by atoms with Crippen LogP contribution >= 0.6 is 0 Å². The van der Waals surface area contributed by atoms with Crippen LogP contribution in [0.25, 0.3) is 10.9 Å². The van der Waals surface area contributed by atoms with Gasteiger partial charge in [-0.2, -0.15) is 0 Å². The maximum absolute atomic E-state index is 13.4. The lowest BCUT2D eigenvalue weighted by Crippen LogP contribution is -2.50. The normalized spacial score (nSPS) is 18.2. The van der Waals surface area contributed by atoms with Gasteiger partial charge in [-0.05, 0) is 65.4 Å². The maximum atomic E-state index is 13.4. The minimum atomic E-state index is -0.420. The summed E-state index contributed by atoms with van der Waals surface area (Å²) in [7, 11) is 0. The van der Waals surface area contributed by atoms with Crippen LogP contribution in [0.1, 0.15) is 65.3 Å². The van der Waals surface area contributed by atoms with Gasteiger partial charge in [0.1, 0.15) is 6.04 Å². The topological polar surface area (TPSA) is 113 Å². The van der Waals surface area contributed by atoms with E-state index in [1.807, 2.05) is 35.9 Å². The molecule has 1 saturated carbocycles. The van der Waals surface area contributed by atoms with Gasteiger partial charge in [0.25, 0.3) is 11.5 Å². The monoisotopic (exact) mass is 487 g/mol. The van der Waals surface area contributed by atoms with E-state index < -0.39 is 6.04 Å². The van der Waals surface area contributed by atoms with Crippen molar-refractivity contribution in [3.8, 4) is 0 Å². The second-order valence-corrected chi connectivity index (χ2v) is 9.77. The van der Waals surface area contributed by atoms with Crippen LogP contribution < -0.4 is 5.56 Å². The van der Waals surface area contributed by atoms with Crippen molar-refractivity contribution in [2.75, 3.05) is 26.2 Å². The molecule has 1 saturated heterocycles. The van der Waals surface area contributed by atoms with E-state index >= 15 is 0 Å². The molecule has 10 nitrogen and oxygen atoms in total. The van der Waals surface area contributed by atoms with Gasteiger partial charge in [-0.1, -0.05) is 25.0 Å². The zero-order chi connectivity index (χ0) is 24.6. The van der Waals surface area contributed by atoms with Gasteiger partial charge in [0, 0.05) is 37.3 Å². The average Bonchev–Trinajstić information content (AvgIpc) is 3.67. The lowest BCUT2D eigenvalue weighted by molar-refractivity contribution is 0.0557. The predicted octanol–water partition coefficient (Wildman–Crippen LogP) is 3.08. The third kappa shape index (κ3) is 4.11. The molecule has 6 rings (SSSR count). The second-order valence-electron chi connectivity index (χ2n) is 9.77. The number of hydrogen-bond acceptors (Lipinski definition) is 7. The minimum Gasteiger partial charge on any atom is -0.459 e. The number of pyridine rings is 1. The molecule has 1 aliphatic heterocycles. The third-order valence-electron chi connectivity index (χ3n) is 7.46. The fourth-order valence-corrected chi connectivity index (χ4v) is 5.56. The lowest BCUT2D eigenvalue weighted by Gasteiger charge is -2.38. The number of aryl methyl sites for hydroxylation is 1. The number of aromatic amines is 1. The molecule has 0 spiro atoms. The summed E-state index contributed by atoms with van der Waals surface area (Å²) in [4.78, 5) is 33.3. The Balaban J connectivity index is 1.37. The van der Waals surface area contributed by atoms with Crippen molar-refractivity contribution in [2.24, 2.45) is 0 Å². The van der Waals surface area contributed by atoms with Gasteiger partial charge < -0.3 is 14.3 Å². The quantitative estimate of drug-likeness (QED) is 0.460. The van der Waals surface area contributed by atoms with Gasteiger partial charge in [-0.15, -0.1) is 5.10 Å². The number of nitrogens with one attached hydrogen (secondary N) is 1. The molecule has 2 aliphatic rings. The molecule has 1 aromatic carbocycles. The summed E-state index contributed by atoms with van der Waals surface area (Å²) >= 11 is 0. The van der Waals surface area contributed by atoms with E-state index in [4.69, 9.17) is 4.42 Å². The first kappa shape index (κ1) is 22.7. The van der Waals surface area contributed by atoms with Crippen molar-refractivity contribution >= 4 is 16.8 Å². The van der Waals surface area contributed by atoms with Gasteiger partial charge in [-0.25, -0.2) is 4.68 Å². The van der Waals surface area contributed by atoms with Crippen LogP contribution in [-0.4, -0.2) is 67.1 Å². The van der Waals surface area contributed by atoms with E-state index in [2.05, 4.69) is 25.4 Å². The molecule has 1 N–H and O–H groups in total. The molecule has 0 unspecified atom stereocenters. The Labute approximate surface area is 207 Å². The Kier molecular flexibility index (Phi) is 5.88. The van der Waals surface area contributed by atoms with E-state index in [-0.39, 0.29) is 17.5 Å². The molecule has 36 heavy (non-hydrogen) atoms. The Morgan fingerprint density at radius 3 is 2.67 bits per heavy atom. The van der Waals surface area contributed by atoms with Crippen molar-refractivity contribution in [3.05, 3.63) is 75.7 Å². The molecular weight excluding hydrogens is 458 g/mol. The Bertz CT molecular complexity index is 1430. The lowest BCUT2D eigenvalue weighted by atomic mass is 10.0. The largest absolute Gasteiger partial charge is 0.459 e. The summed E-state index contributed by atoms with van der Waals surface area (Å²) in [6.45, 7) is 4.21. The molecule has 2 fully saturated rings. The highest BCUT2D eigenvalue weighted by Gasteiger charge is 2.35. The van der Waals surface area contributed by atoms with Crippen LogP contribution in [0, 0.1) is 6.92 Å². The Morgan fingerprint density at radius 1 is 1.11 bits per heavy atom. The standard InChI is InChI=1S/C26H29N7O3/c1-17-8-9-18-16-20(25(34)27-21(18)15-17)23(24-28-29-30-33(24)19-5-2-3-6-19)31-10-12-32(13-11-31)26(35)22-7-4-14-36-22/h4,7-9,14-16,19,23H,2-3,5-6,10-13H2,1H3,(H,27,34)/t23-/m1/s1. The summed E-state index contributed by atoms with van der Waals surface area (Å²) in [5.41, 5.74) is 2.37. The first-order valence-corrected chi connectivity index (χ1v) is 12.6. The number of furan rings is 1. The van der Waals surface area contributed by atoms with E-state index in [9.17, 15) is 9.59 Å². The van der Waals surface area contributed by atoms with Crippen LogP contribution in [-0.2, 0) is 0 Å². The average molecular weight is 488 g/mol. The van der Waals surface area contributed by atoms with Crippen LogP contribution in [0.4, 0.5) is 0 Å². The number of aromatic nitrogens is 5. The molecule has 1 amide bonds. The number of rotatable bonds is 5. The van der Waals surface area contributed by atoms with Crippen LogP contribution in [0.15, 0.2) is 51.9 Å². The number of carbonyl (C=O) groups is 1. The van der Waals surface area contributed by atoms with Crippen molar-refractivity contribution in [1.82, 2.24) is 35.0 Å². The number of nitrogens with zero attached hydrogens (tertiary/aromatic N) is 6. The number of fused-ring (bicyclic) bond motifs is 1. The number of benzene rings is 1. The predicted molar refractivity (Wildman–Crippen MR) is 133 cm³/mol. The smallest absolute Gasteiger partial charge is 0.289 e. The summed E-state index contributed by atoms with van der Waals surface area (Å²) < 4.78 is 7.24. The van der Waals surface area contributed by atoms with Crippen molar-refractivity contribution in [3.63, 3.8) is 0 Å². The van der Waals surface area contributed by atoms with E-state index in [0.29, 0.717) is 43.3 Å². The van der Waals surface area contributed by atoms with Gasteiger partial charge in [0.05, 0.1) is 12.3 Å². The molecule has 3 aromatic heterocycles. The van der Waals surface area contributed by atoms with Gasteiger partial charge in [-0.3, -0.25) is 14.5 Å². The molecule has 1 atom stereocenters. The first-order chi connectivity index (χ1) is 17.6. The summed E-state index contributed by atoms with van der Waals surface area (Å²) in [6, 6.07) is 11.2. The third-order valence-corrected chi connectivity index (χ3v) is 7.46. The number of amides is 1. The van der Waals surface area contributed by atoms with E-state index in [1.54, 1.807) is 17.0 Å². The molecule has 4 heterocycles. The van der Waals surface area contributed by atoms with Crippen LogP contribution in [0.5, 0.6) is 0 Å². The molecule has 186 valence electrons. The molecule has 4 aromatic rings. The molecular formula is C26H29N7O3. The number of tetrazole rings is 1. The van der Waals surface area contributed by atoms with Gasteiger partial charge in [0.2, 0.25) is 0 Å².